The average molecular weight is 229 g/mol. The van der Waals surface area contributed by atoms with Crippen molar-refractivity contribution in [1.29, 1.82) is 0 Å². The van der Waals surface area contributed by atoms with Gasteiger partial charge in [0.05, 0.1) is 16.6 Å². The summed E-state index contributed by atoms with van der Waals surface area (Å²) in [5, 5.41) is 0. The van der Waals surface area contributed by atoms with E-state index in [0.717, 1.165) is 0 Å². The lowest BCUT2D eigenvalue weighted by Gasteiger charge is -2.09. The summed E-state index contributed by atoms with van der Waals surface area (Å²) in [6.45, 7) is 3.64. The fraction of sp³-hybridized carbons (Fsp3) is 0.0833. The topological polar surface area (TPSA) is 78.0 Å². The van der Waals surface area contributed by atoms with Crippen molar-refractivity contribution in [2.24, 2.45) is 12.8 Å². The molecule has 2 heterocycles. The molecule has 0 aliphatic heterocycles. The first-order chi connectivity index (χ1) is 8.06. The SMILES string of the molecule is C=Cc1c(C(N)=O)cnc2ccc(=O)n(C)c12. The Balaban J connectivity index is 3.04. The molecule has 0 fully saturated rings. The van der Waals surface area contributed by atoms with Gasteiger partial charge in [0.2, 0.25) is 0 Å². The molecule has 0 aliphatic carbocycles. The van der Waals surface area contributed by atoms with E-state index in [1.807, 2.05) is 0 Å². The normalized spacial score (nSPS) is 10.4. The molecule has 0 saturated carbocycles. The third-order valence-electron chi connectivity index (χ3n) is 2.64. The molecule has 2 aromatic heterocycles. The second-order valence-electron chi connectivity index (χ2n) is 3.62. The Hall–Kier alpha value is -2.43. The van der Waals surface area contributed by atoms with Gasteiger partial charge in [-0.05, 0) is 6.07 Å². The molecule has 0 atom stereocenters. The van der Waals surface area contributed by atoms with Crippen molar-refractivity contribution >= 4 is 23.0 Å². The number of hydrogen-bond acceptors (Lipinski definition) is 3. The predicted molar refractivity (Wildman–Crippen MR) is 65.6 cm³/mol. The first kappa shape index (κ1) is 11.1. The zero-order valence-electron chi connectivity index (χ0n) is 9.30. The highest BCUT2D eigenvalue weighted by Crippen LogP contribution is 2.19. The Morgan fingerprint density at radius 2 is 2.24 bits per heavy atom. The van der Waals surface area contributed by atoms with Crippen LogP contribution in [0.3, 0.4) is 0 Å². The number of rotatable bonds is 2. The number of fused-ring (bicyclic) bond motifs is 1. The molecule has 5 nitrogen and oxygen atoms in total. The highest BCUT2D eigenvalue weighted by molar-refractivity contribution is 6.01. The number of aryl methyl sites for hydroxylation is 1. The number of pyridine rings is 2. The summed E-state index contributed by atoms with van der Waals surface area (Å²) < 4.78 is 1.42. The van der Waals surface area contributed by atoms with Crippen molar-refractivity contribution < 1.29 is 4.79 Å². The minimum atomic E-state index is -0.592. The number of nitrogens with zero attached hydrogens (tertiary/aromatic N) is 2. The number of amides is 1. The van der Waals surface area contributed by atoms with Gasteiger partial charge in [0.15, 0.2) is 0 Å². The van der Waals surface area contributed by atoms with Gasteiger partial charge in [0, 0.05) is 24.9 Å². The zero-order chi connectivity index (χ0) is 12.6. The number of primary amides is 1. The van der Waals surface area contributed by atoms with Crippen LogP contribution in [0.4, 0.5) is 0 Å². The maximum Gasteiger partial charge on any atom is 0.250 e. The zero-order valence-corrected chi connectivity index (χ0v) is 9.30. The third-order valence-corrected chi connectivity index (χ3v) is 2.64. The summed E-state index contributed by atoms with van der Waals surface area (Å²) in [7, 11) is 1.62. The molecular weight excluding hydrogens is 218 g/mol. The van der Waals surface area contributed by atoms with Gasteiger partial charge in [-0.25, -0.2) is 0 Å². The average Bonchev–Trinajstić information content (AvgIpc) is 2.32. The molecule has 2 aromatic rings. The van der Waals surface area contributed by atoms with Gasteiger partial charge in [0.1, 0.15) is 0 Å². The van der Waals surface area contributed by atoms with Crippen LogP contribution in [0.2, 0.25) is 0 Å². The number of nitrogens with two attached hydrogens (primary N) is 1. The van der Waals surface area contributed by atoms with Crippen LogP contribution in [0, 0.1) is 0 Å². The highest BCUT2D eigenvalue weighted by atomic mass is 16.1. The van der Waals surface area contributed by atoms with E-state index in [0.29, 0.717) is 16.6 Å². The molecule has 86 valence electrons. The fourth-order valence-electron chi connectivity index (χ4n) is 1.78. The molecule has 2 rings (SSSR count). The molecule has 5 heteroatoms. The number of carbonyl (C=O) groups excluding carboxylic acids is 1. The quantitative estimate of drug-likeness (QED) is 0.822. The molecule has 17 heavy (non-hydrogen) atoms. The second-order valence-corrected chi connectivity index (χ2v) is 3.62. The summed E-state index contributed by atoms with van der Waals surface area (Å²) in [4.78, 5) is 26.9. The molecule has 2 N–H and O–H groups in total. The smallest absolute Gasteiger partial charge is 0.250 e. The molecule has 0 bridgehead atoms. The van der Waals surface area contributed by atoms with E-state index in [-0.39, 0.29) is 11.1 Å². The molecule has 0 unspecified atom stereocenters. The molecule has 0 aromatic carbocycles. The van der Waals surface area contributed by atoms with E-state index in [4.69, 9.17) is 5.73 Å². The minimum absolute atomic E-state index is 0.177. The van der Waals surface area contributed by atoms with E-state index in [1.165, 1.54) is 22.9 Å². The first-order valence-electron chi connectivity index (χ1n) is 4.97. The molecule has 0 radical (unpaired) electrons. The lowest BCUT2D eigenvalue weighted by molar-refractivity contribution is 0.1000. The van der Waals surface area contributed by atoms with Gasteiger partial charge < -0.3 is 10.3 Å². The molecule has 1 amide bonds. The van der Waals surface area contributed by atoms with Crippen LogP contribution in [0.15, 0.2) is 29.7 Å². The van der Waals surface area contributed by atoms with E-state index in [2.05, 4.69) is 11.6 Å². The van der Waals surface area contributed by atoms with Crippen LogP contribution in [0.1, 0.15) is 15.9 Å². The number of carbonyl (C=O) groups is 1. The summed E-state index contributed by atoms with van der Waals surface area (Å²) >= 11 is 0. The molecule has 0 spiro atoms. The summed E-state index contributed by atoms with van der Waals surface area (Å²) in [5.41, 5.74) is 7.04. The van der Waals surface area contributed by atoms with E-state index >= 15 is 0 Å². The van der Waals surface area contributed by atoms with Gasteiger partial charge in [0.25, 0.3) is 11.5 Å². The third kappa shape index (κ3) is 1.61. The maximum atomic E-state index is 11.6. The Kier molecular flexibility index (Phi) is 2.51. The fourth-order valence-corrected chi connectivity index (χ4v) is 1.78. The van der Waals surface area contributed by atoms with Crippen LogP contribution in [-0.4, -0.2) is 15.5 Å². The van der Waals surface area contributed by atoms with Gasteiger partial charge >= 0.3 is 0 Å². The Labute approximate surface area is 97.2 Å². The monoisotopic (exact) mass is 229 g/mol. The Morgan fingerprint density at radius 3 is 2.82 bits per heavy atom. The summed E-state index contributed by atoms with van der Waals surface area (Å²) in [6, 6.07) is 3.03. The van der Waals surface area contributed by atoms with Crippen LogP contribution in [-0.2, 0) is 7.05 Å². The molecular formula is C12H11N3O2. The van der Waals surface area contributed by atoms with Gasteiger partial charge in [-0.3, -0.25) is 14.6 Å². The van der Waals surface area contributed by atoms with E-state index in [1.54, 1.807) is 13.1 Å². The molecule has 0 saturated heterocycles. The Morgan fingerprint density at radius 1 is 1.53 bits per heavy atom. The van der Waals surface area contributed by atoms with Crippen LogP contribution in [0.25, 0.3) is 17.1 Å². The van der Waals surface area contributed by atoms with Gasteiger partial charge in [-0.1, -0.05) is 12.7 Å². The lowest BCUT2D eigenvalue weighted by atomic mass is 10.1. The van der Waals surface area contributed by atoms with Crippen molar-refractivity contribution in [2.45, 2.75) is 0 Å². The van der Waals surface area contributed by atoms with Crippen LogP contribution >= 0.6 is 0 Å². The maximum absolute atomic E-state index is 11.6. The van der Waals surface area contributed by atoms with Crippen molar-refractivity contribution in [2.75, 3.05) is 0 Å². The predicted octanol–water partition coefficient (Wildman–Crippen LogP) is 0.675. The van der Waals surface area contributed by atoms with Crippen molar-refractivity contribution in [1.82, 2.24) is 9.55 Å². The second kappa shape index (κ2) is 3.86. The van der Waals surface area contributed by atoms with Crippen LogP contribution < -0.4 is 11.3 Å². The number of aromatic nitrogens is 2. The number of hydrogen-bond donors (Lipinski definition) is 1. The van der Waals surface area contributed by atoms with E-state index < -0.39 is 5.91 Å². The summed E-state index contributed by atoms with van der Waals surface area (Å²) in [6.07, 6.45) is 2.90. The lowest BCUT2D eigenvalue weighted by Crippen LogP contribution is -2.19. The van der Waals surface area contributed by atoms with Crippen molar-refractivity contribution in [3.05, 3.63) is 46.4 Å². The largest absolute Gasteiger partial charge is 0.366 e. The first-order valence-corrected chi connectivity index (χ1v) is 4.97. The molecule has 0 aliphatic rings. The Bertz CT molecular complexity index is 686. The highest BCUT2D eigenvalue weighted by Gasteiger charge is 2.12. The van der Waals surface area contributed by atoms with E-state index in [9.17, 15) is 9.59 Å². The minimum Gasteiger partial charge on any atom is -0.366 e. The van der Waals surface area contributed by atoms with Gasteiger partial charge in [-0.15, -0.1) is 0 Å². The summed E-state index contributed by atoms with van der Waals surface area (Å²) in [5.74, 6) is -0.592. The standard InChI is InChI=1S/C12H11N3O2/c1-3-7-8(12(13)17)6-14-9-4-5-10(16)15(2)11(7)9/h3-6H,1H2,2H3,(H2,13,17). The van der Waals surface area contributed by atoms with Gasteiger partial charge in [-0.2, -0.15) is 0 Å². The van der Waals surface area contributed by atoms with Crippen molar-refractivity contribution in [3.63, 3.8) is 0 Å². The van der Waals surface area contributed by atoms with Crippen LogP contribution in [0.5, 0.6) is 0 Å². The van der Waals surface area contributed by atoms with Crippen molar-refractivity contribution in [3.8, 4) is 0 Å².